The summed E-state index contributed by atoms with van der Waals surface area (Å²) in [4.78, 5) is 0. The minimum atomic E-state index is 0.382. The van der Waals surface area contributed by atoms with Gasteiger partial charge < -0.3 is 11.5 Å². The van der Waals surface area contributed by atoms with Gasteiger partial charge in [0.25, 0.3) is 0 Å². The van der Waals surface area contributed by atoms with Crippen molar-refractivity contribution in [3.63, 3.8) is 0 Å². The molecule has 0 amide bonds. The number of nitrogen functional groups attached to an aromatic ring is 2. The van der Waals surface area contributed by atoms with Gasteiger partial charge in [0.2, 0.25) is 0 Å². The van der Waals surface area contributed by atoms with Gasteiger partial charge >= 0.3 is 0 Å². The predicted octanol–water partition coefficient (Wildman–Crippen LogP) is 2.90. The molecule has 0 bridgehead atoms. The molecule has 0 saturated heterocycles. The van der Waals surface area contributed by atoms with Crippen LogP contribution in [-0.4, -0.2) is 0 Å². The van der Waals surface area contributed by atoms with Crippen molar-refractivity contribution in [1.29, 1.82) is 0 Å². The van der Waals surface area contributed by atoms with Crippen molar-refractivity contribution < 1.29 is 0 Å². The lowest BCUT2D eigenvalue weighted by Gasteiger charge is -2.20. The van der Waals surface area contributed by atoms with Crippen LogP contribution in [0.4, 0.5) is 11.4 Å². The monoisotopic (exact) mass is 192 g/mol. The van der Waals surface area contributed by atoms with Gasteiger partial charge in [-0.15, -0.1) is 0 Å². The van der Waals surface area contributed by atoms with Crippen LogP contribution in [0.2, 0.25) is 0 Å². The van der Waals surface area contributed by atoms with Crippen molar-refractivity contribution >= 4 is 11.4 Å². The van der Waals surface area contributed by atoms with Crippen LogP contribution in [0.1, 0.15) is 42.0 Å². The van der Waals surface area contributed by atoms with Gasteiger partial charge in [-0.2, -0.15) is 0 Å². The minimum absolute atomic E-state index is 0.382. The van der Waals surface area contributed by atoms with Crippen LogP contribution in [0.25, 0.3) is 0 Å². The van der Waals surface area contributed by atoms with Crippen molar-refractivity contribution in [2.24, 2.45) is 0 Å². The van der Waals surface area contributed by atoms with Gasteiger partial charge in [0.1, 0.15) is 0 Å². The Morgan fingerprint density at radius 3 is 1.43 bits per heavy atom. The first-order valence-corrected chi connectivity index (χ1v) is 5.02. The van der Waals surface area contributed by atoms with E-state index in [4.69, 9.17) is 11.5 Å². The fourth-order valence-corrected chi connectivity index (χ4v) is 1.86. The Labute approximate surface area is 86.3 Å². The number of hydrogen-bond donors (Lipinski definition) is 2. The molecule has 0 radical (unpaired) electrons. The largest absolute Gasteiger partial charge is 0.398 e. The van der Waals surface area contributed by atoms with Gasteiger partial charge in [-0.25, -0.2) is 0 Å². The van der Waals surface area contributed by atoms with Crippen LogP contribution in [0, 0.1) is 20.8 Å². The highest BCUT2D eigenvalue weighted by Gasteiger charge is 2.15. The Hall–Kier alpha value is -1.18. The smallest absolute Gasteiger partial charge is 0.0402 e. The molecular weight excluding hydrogens is 172 g/mol. The maximum absolute atomic E-state index is 6.07. The highest BCUT2D eigenvalue weighted by Crippen LogP contribution is 2.35. The van der Waals surface area contributed by atoms with Crippen LogP contribution in [0.15, 0.2) is 0 Å². The van der Waals surface area contributed by atoms with Crippen molar-refractivity contribution in [2.45, 2.75) is 40.5 Å². The quantitative estimate of drug-likeness (QED) is 0.672. The molecule has 0 atom stereocenters. The normalized spacial score (nSPS) is 11.0. The van der Waals surface area contributed by atoms with Gasteiger partial charge in [0.05, 0.1) is 0 Å². The average Bonchev–Trinajstić information content (AvgIpc) is 2.11. The van der Waals surface area contributed by atoms with Crippen LogP contribution in [-0.2, 0) is 0 Å². The van der Waals surface area contributed by atoms with E-state index in [0.717, 1.165) is 16.9 Å². The lowest BCUT2D eigenvalue weighted by atomic mass is 9.90. The zero-order valence-electron chi connectivity index (χ0n) is 9.73. The standard InChI is InChI=1S/C12H20N2/c1-6(2)10-11(13)8(4)7(3)9(5)12(10)14/h6H,13-14H2,1-5H3. The summed E-state index contributed by atoms with van der Waals surface area (Å²) in [5.41, 5.74) is 18.5. The molecule has 0 aromatic heterocycles. The van der Waals surface area contributed by atoms with Crippen molar-refractivity contribution in [3.05, 3.63) is 22.3 Å². The van der Waals surface area contributed by atoms with E-state index in [9.17, 15) is 0 Å². The van der Waals surface area contributed by atoms with E-state index in [-0.39, 0.29) is 0 Å². The molecule has 0 fully saturated rings. The van der Waals surface area contributed by atoms with E-state index < -0.39 is 0 Å². The number of rotatable bonds is 1. The molecule has 1 rings (SSSR count). The van der Waals surface area contributed by atoms with Gasteiger partial charge in [-0.3, -0.25) is 0 Å². The molecule has 0 saturated carbocycles. The van der Waals surface area contributed by atoms with Gasteiger partial charge in [-0.05, 0) is 43.4 Å². The number of hydrogen-bond acceptors (Lipinski definition) is 2. The first-order chi connectivity index (χ1) is 6.37. The second-order valence-corrected chi connectivity index (χ2v) is 4.27. The Kier molecular flexibility index (Phi) is 2.74. The molecule has 2 heteroatoms. The van der Waals surface area contributed by atoms with E-state index in [1.54, 1.807) is 0 Å². The second-order valence-electron chi connectivity index (χ2n) is 4.27. The number of anilines is 2. The summed E-state index contributed by atoms with van der Waals surface area (Å²) < 4.78 is 0. The fourth-order valence-electron chi connectivity index (χ4n) is 1.86. The van der Waals surface area contributed by atoms with Gasteiger partial charge in [-0.1, -0.05) is 13.8 Å². The number of benzene rings is 1. The summed E-state index contributed by atoms with van der Waals surface area (Å²) in [6.07, 6.45) is 0. The van der Waals surface area contributed by atoms with Gasteiger partial charge in [0, 0.05) is 16.9 Å². The van der Waals surface area contributed by atoms with E-state index in [2.05, 4.69) is 34.6 Å². The topological polar surface area (TPSA) is 52.0 Å². The van der Waals surface area contributed by atoms with Crippen LogP contribution < -0.4 is 11.5 Å². The molecule has 4 N–H and O–H groups in total. The molecular formula is C12H20N2. The second kappa shape index (κ2) is 3.52. The maximum Gasteiger partial charge on any atom is 0.0402 e. The Morgan fingerprint density at radius 1 is 0.786 bits per heavy atom. The highest BCUT2D eigenvalue weighted by atomic mass is 14.6. The summed E-state index contributed by atoms with van der Waals surface area (Å²) in [5, 5.41) is 0. The highest BCUT2D eigenvalue weighted by molar-refractivity contribution is 5.72. The van der Waals surface area contributed by atoms with Gasteiger partial charge in [0.15, 0.2) is 0 Å². The third-order valence-electron chi connectivity index (χ3n) is 3.09. The van der Waals surface area contributed by atoms with Crippen LogP contribution in [0.3, 0.4) is 0 Å². The summed E-state index contributed by atoms with van der Waals surface area (Å²) in [6, 6.07) is 0. The molecule has 14 heavy (non-hydrogen) atoms. The molecule has 1 aromatic carbocycles. The Morgan fingerprint density at radius 2 is 1.14 bits per heavy atom. The molecule has 0 unspecified atom stereocenters. The molecule has 0 heterocycles. The van der Waals surface area contributed by atoms with E-state index >= 15 is 0 Å². The zero-order valence-corrected chi connectivity index (χ0v) is 9.73. The van der Waals surface area contributed by atoms with Crippen molar-refractivity contribution in [1.82, 2.24) is 0 Å². The van der Waals surface area contributed by atoms with E-state index in [1.807, 2.05) is 0 Å². The first-order valence-electron chi connectivity index (χ1n) is 5.02. The molecule has 78 valence electrons. The fraction of sp³-hybridized carbons (Fsp3) is 0.500. The summed E-state index contributed by atoms with van der Waals surface area (Å²) in [5.74, 6) is 0.382. The molecule has 0 aliphatic rings. The Balaban J connectivity index is 3.60. The van der Waals surface area contributed by atoms with E-state index in [1.165, 1.54) is 16.7 Å². The summed E-state index contributed by atoms with van der Waals surface area (Å²) >= 11 is 0. The van der Waals surface area contributed by atoms with Crippen LogP contribution in [0.5, 0.6) is 0 Å². The van der Waals surface area contributed by atoms with Crippen molar-refractivity contribution in [3.8, 4) is 0 Å². The maximum atomic E-state index is 6.07. The van der Waals surface area contributed by atoms with Crippen LogP contribution >= 0.6 is 0 Å². The zero-order chi connectivity index (χ0) is 11.0. The molecule has 2 nitrogen and oxygen atoms in total. The molecule has 0 aliphatic carbocycles. The lowest BCUT2D eigenvalue weighted by molar-refractivity contribution is 0.869. The molecule has 0 spiro atoms. The van der Waals surface area contributed by atoms with Crippen molar-refractivity contribution in [2.75, 3.05) is 11.5 Å². The lowest BCUT2D eigenvalue weighted by Crippen LogP contribution is -2.08. The summed E-state index contributed by atoms with van der Waals surface area (Å²) in [6.45, 7) is 10.4. The predicted molar refractivity (Wildman–Crippen MR) is 63.6 cm³/mol. The van der Waals surface area contributed by atoms with E-state index in [0.29, 0.717) is 5.92 Å². The molecule has 0 aliphatic heterocycles. The number of nitrogens with two attached hydrogens (primary N) is 2. The SMILES string of the molecule is Cc1c(C)c(N)c(C(C)C)c(N)c1C. The Bertz CT molecular complexity index is 336. The first kappa shape index (κ1) is 10.9. The minimum Gasteiger partial charge on any atom is -0.398 e. The third kappa shape index (κ3) is 1.45. The third-order valence-corrected chi connectivity index (χ3v) is 3.09. The average molecular weight is 192 g/mol. The summed E-state index contributed by atoms with van der Waals surface area (Å²) in [7, 11) is 0. The molecule has 1 aromatic rings.